The van der Waals surface area contributed by atoms with Crippen LogP contribution in [0, 0.1) is 0 Å². The summed E-state index contributed by atoms with van der Waals surface area (Å²) in [6.45, 7) is 7.00. The van der Waals surface area contributed by atoms with Gasteiger partial charge < -0.3 is 0 Å². The second kappa shape index (κ2) is 3.08. The van der Waals surface area contributed by atoms with Gasteiger partial charge in [-0.2, -0.15) is 0 Å². The highest BCUT2D eigenvalue weighted by atomic mass is 32.1. The maximum absolute atomic E-state index is 2.41. The normalized spacial score (nSPS) is 24.4. The average molecular weight is 244 g/mol. The minimum Gasteiger partial charge on any atom is -0.135 e. The van der Waals surface area contributed by atoms with E-state index >= 15 is 0 Å². The molecule has 82 valence electrons. The SMILES string of the molecule is CC1=C(C)C(C)([SiH3])c2c1sc1ccccc21. The summed E-state index contributed by atoms with van der Waals surface area (Å²) in [5.74, 6) is 0. The summed E-state index contributed by atoms with van der Waals surface area (Å²) >= 11 is 1.96. The Kier molecular flexibility index (Phi) is 1.98. The number of rotatable bonds is 0. The number of fused-ring (bicyclic) bond motifs is 3. The van der Waals surface area contributed by atoms with Gasteiger partial charge in [0.05, 0.1) is 0 Å². The van der Waals surface area contributed by atoms with Gasteiger partial charge in [0, 0.05) is 19.8 Å². The summed E-state index contributed by atoms with van der Waals surface area (Å²) in [7, 11) is 1.19. The Labute approximate surface area is 103 Å². The van der Waals surface area contributed by atoms with Gasteiger partial charge >= 0.3 is 0 Å². The van der Waals surface area contributed by atoms with Crippen molar-refractivity contribution in [3.63, 3.8) is 0 Å². The van der Waals surface area contributed by atoms with Crippen LogP contribution in [-0.4, -0.2) is 10.2 Å². The van der Waals surface area contributed by atoms with Crippen LogP contribution in [0.4, 0.5) is 0 Å². The van der Waals surface area contributed by atoms with Crippen molar-refractivity contribution >= 4 is 37.2 Å². The molecule has 0 bridgehead atoms. The molecule has 0 nitrogen and oxygen atoms in total. The fourth-order valence-electron chi connectivity index (χ4n) is 2.76. The lowest BCUT2D eigenvalue weighted by molar-refractivity contribution is 0.828. The first-order valence-electron chi connectivity index (χ1n) is 5.74. The van der Waals surface area contributed by atoms with Crippen LogP contribution in [0.25, 0.3) is 15.7 Å². The van der Waals surface area contributed by atoms with Crippen molar-refractivity contribution in [1.82, 2.24) is 0 Å². The van der Waals surface area contributed by atoms with Gasteiger partial charge in [0.2, 0.25) is 0 Å². The zero-order valence-electron chi connectivity index (χ0n) is 10.2. The van der Waals surface area contributed by atoms with E-state index in [1.165, 1.54) is 30.8 Å². The zero-order valence-corrected chi connectivity index (χ0v) is 13.0. The van der Waals surface area contributed by atoms with Crippen LogP contribution in [0.2, 0.25) is 0 Å². The molecule has 1 aromatic carbocycles. The van der Waals surface area contributed by atoms with Crippen molar-refractivity contribution in [2.24, 2.45) is 0 Å². The molecule has 1 unspecified atom stereocenters. The second-order valence-corrected chi connectivity index (χ2v) is 8.23. The molecule has 0 amide bonds. The van der Waals surface area contributed by atoms with Crippen molar-refractivity contribution < 1.29 is 0 Å². The van der Waals surface area contributed by atoms with Gasteiger partial charge in [0.1, 0.15) is 0 Å². The first-order valence-corrected chi connectivity index (χ1v) is 7.55. The second-order valence-electron chi connectivity index (χ2n) is 5.18. The minimum absolute atomic E-state index is 0.346. The van der Waals surface area contributed by atoms with Crippen LogP contribution in [0.1, 0.15) is 31.2 Å². The molecule has 1 aliphatic carbocycles. The van der Waals surface area contributed by atoms with E-state index in [4.69, 9.17) is 0 Å². The molecule has 1 aliphatic rings. The summed E-state index contributed by atoms with van der Waals surface area (Å²) in [4.78, 5) is 1.54. The summed E-state index contributed by atoms with van der Waals surface area (Å²) in [5.41, 5.74) is 4.72. The van der Waals surface area contributed by atoms with Crippen molar-refractivity contribution in [2.75, 3.05) is 0 Å². The topological polar surface area (TPSA) is 0 Å². The van der Waals surface area contributed by atoms with Gasteiger partial charge in [-0.15, -0.1) is 11.3 Å². The lowest BCUT2D eigenvalue weighted by Gasteiger charge is -2.22. The quantitative estimate of drug-likeness (QED) is 0.624. The highest BCUT2D eigenvalue weighted by molar-refractivity contribution is 7.20. The standard InChI is InChI=1S/C14H16SSi/c1-8-9(2)14(3,16)12-10-6-4-5-7-11(10)15-13(8)12/h4-7H,1-3,16H3. The first kappa shape index (κ1) is 10.3. The number of allylic oxidation sites excluding steroid dienone is 2. The number of hydrogen-bond acceptors (Lipinski definition) is 1. The van der Waals surface area contributed by atoms with Gasteiger partial charge in [0.15, 0.2) is 0 Å². The van der Waals surface area contributed by atoms with Gasteiger partial charge in [-0.25, -0.2) is 0 Å². The average Bonchev–Trinajstić information content (AvgIpc) is 2.72. The predicted molar refractivity (Wildman–Crippen MR) is 77.4 cm³/mol. The fourth-order valence-corrected chi connectivity index (χ4v) is 5.25. The van der Waals surface area contributed by atoms with E-state index in [9.17, 15) is 0 Å². The van der Waals surface area contributed by atoms with Gasteiger partial charge in [0.25, 0.3) is 0 Å². The molecule has 1 aromatic heterocycles. The molecular formula is C14H16SSi. The lowest BCUT2D eigenvalue weighted by atomic mass is 9.96. The molecule has 3 rings (SSSR count). The molecule has 0 fully saturated rings. The van der Waals surface area contributed by atoms with Gasteiger partial charge in [-0.3, -0.25) is 0 Å². The Hall–Kier alpha value is -0.863. The summed E-state index contributed by atoms with van der Waals surface area (Å²) in [5, 5.41) is 1.83. The number of benzene rings is 1. The summed E-state index contributed by atoms with van der Waals surface area (Å²) in [6, 6.07) is 8.84. The lowest BCUT2D eigenvalue weighted by Crippen LogP contribution is -2.20. The van der Waals surface area contributed by atoms with Crippen LogP contribution < -0.4 is 0 Å². The van der Waals surface area contributed by atoms with E-state index < -0.39 is 0 Å². The molecule has 2 aromatic rings. The summed E-state index contributed by atoms with van der Waals surface area (Å²) < 4.78 is 1.45. The van der Waals surface area contributed by atoms with E-state index in [0.717, 1.165) is 0 Å². The van der Waals surface area contributed by atoms with E-state index in [-0.39, 0.29) is 0 Å². The third kappa shape index (κ3) is 1.09. The minimum atomic E-state index is 0.346. The molecule has 1 heterocycles. The van der Waals surface area contributed by atoms with Crippen molar-refractivity contribution in [3.8, 4) is 0 Å². The van der Waals surface area contributed by atoms with E-state index in [1.807, 2.05) is 11.3 Å². The molecule has 1 atom stereocenters. The van der Waals surface area contributed by atoms with Crippen LogP contribution in [0.3, 0.4) is 0 Å². The number of hydrogen-bond donors (Lipinski definition) is 0. The smallest absolute Gasteiger partial charge is 0.0352 e. The molecule has 0 aliphatic heterocycles. The molecule has 0 radical (unpaired) electrons. The molecule has 0 saturated carbocycles. The molecule has 16 heavy (non-hydrogen) atoms. The highest BCUT2D eigenvalue weighted by Crippen LogP contribution is 2.51. The molecular weight excluding hydrogens is 228 g/mol. The third-order valence-electron chi connectivity index (χ3n) is 4.06. The van der Waals surface area contributed by atoms with Crippen LogP contribution in [0.5, 0.6) is 0 Å². The third-order valence-corrected chi connectivity index (χ3v) is 6.60. The Bertz CT molecular complexity index is 617. The van der Waals surface area contributed by atoms with Crippen molar-refractivity contribution in [1.29, 1.82) is 0 Å². The first-order chi connectivity index (χ1) is 7.53. The Morgan fingerprint density at radius 1 is 1.19 bits per heavy atom. The largest absolute Gasteiger partial charge is 0.135 e. The van der Waals surface area contributed by atoms with Crippen LogP contribution in [0.15, 0.2) is 29.8 Å². The molecule has 0 saturated heterocycles. The van der Waals surface area contributed by atoms with E-state index in [0.29, 0.717) is 5.04 Å². The molecule has 0 N–H and O–H groups in total. The predicted octanol–water partition coefficient (Wildman–Crippen LogP) is 3.29. The molecule has 2 heteroatoms. The maximum Gasteiger partial charge on any atom is 0.0352 e. The Morgan fingerprint density at radius 3 is 2.62 bits per heavy atom. The van der Waals surface area contributed by atoms with E-state index in [1.54, 1.807) is 11.1 Å². The molecule has 0 spiro atoms. The fraction of sp³-hybridized carbons (Fsp3) is 0.286. The monoisotopic (exact) mass is 244 g/mol. The van der Waals surface area contributed by atoms with Crippen molar-refractivity contribution in [3.05, 3.63) is 40.3 Å². The highest BCUT2D eigenvalue weighted by Gasteiger charge is 2.36. The van der Waals surface area contributed by atoms with E-state index in [2.05, 4.69) is 45.0 Å². The van der Waals surface area contributed by atoms with Crippen LogP contribution >= 0.6 is 11.3 Å². The van der Waals surface area contributed by atoms with Gasteiger partial charge in [-0.1, -0.05) is 30.7 Å². The summed E-state index contributed by atoms with van der Waals surface area (Å²) in [6.07, 6.45) is 0. The Morgan fingerprint density at radius 2 is 1.88 bits per heavy atom. The number of thiophene rings is 1. The zero-order chi connectivity index (χ0) is 11.5. The van der Waals surface area contributed by atoms with Gasteiger partial charge in [-0.05, 0) is 41.5 Å². The Balaban J connectivity index is 2.46. The maximum atomic E-state index is 2.41. The van der Waals surface area contributed by atoms with Crippen LogP contribution in [-0.2, 0) is 5.04 Å². The van der Waals surface area contributed by atoms with Crippen molar-refractivity contribution in [2.45, 2.75) is 25.8 Å².